The minimum Gasteiger partial charge on any atom is -0.476 e. The lowest BCUT2D eigenvalue weighted by atomic mass is 10.5. The van der Waals surface area contributed by atoms with Crippen LogP contribution in [0.5, 0.6) is 0 Å². The van der Waals surface area contributed by atoms with Crippen molar-refractivity contribution in [2.45, 2.75) is 13.8 Å². The molecule has 0 aromatic heterocycles. The molecule has 0 saturated carbocycles. The lowest BCUT2D eigenvalue weighted by molar-refractivity contribution is -0.148. The number of hydrogen-bond acceptors (Lipinski definition) is 3. The minimum atomic E-state index is -1.38. The summed E-state index contributed by atoms with van der Waals surface area (Å²) in [5, 5.41) is 7.64. The molecule has 0 aromatic rings. The maximum absolute atomic E-state index is 9.54. The average Bonchev–Trinajstić information content (AvgIpc) is 1.68. The summed E-state index contributed by atoms with van der Waals surface area (Å²) >= 11 is 0. The van der Waals surface area contributed by atoms with E-state index in [0.29, 0.717) is 0 Å². The molecule has 0 unspecified atom stereocenters. The molecule has 0 aliphatic carbocycles. The molecule has 9 heavy (non-hydrogen) atoms. The molecule has 0 saturated heterocycles. The van der Waals surface area contributed by atoms with E-state index < -0.39 is 11.8 Å². The molecule has 0 spiro atoms. The number of aldehydes is 1. The van der Waals surface area contributed by atoms with Crippen molar-refractivity contribution in [3.8, 4) is 0 Å². The van der Waals surface area contributed by atoms with Crippen molar-refractivity contribution < 1.29 is 19.5 Å². The highest BCUT2D eigenvalue weighted by atomic mass is 16.4. The third kappa shape index (κ3) is 20.0. The van der Waals surface area contributed by atoms with E-state index >= 15 is 0 Å². The van der Waals surface area contributed by atoms with Crippen LogP contribution >= 0.6 is 0 Å². The van der Waals surface area contributed by atoms with Crippen LogP contribution in [0.4, 0.5) is 0 Å². The predicted octanol–water partition coefficient (Wildman–Crippen LogP) is -0.135. The van der Waals surface area contributed by atoms with Crippen molar-refractivity contribution >= 4 is 18.0 Å². The number of hydrogen-bond donors (Lipinski definition) is 1. The molecule has 0 heterocycles. The van der Waals surface area contributed by atoms with Gasteiger partial charge in [-0.05, 0) is 6.92 Å². The summed E-state index contributed by atoms with van der Waals surface area (Å²) < 4.78 is 0. The SMILES string of the molecule is CC(=O)C(=O)O.CC=O. The molecule has 0 radical (unpaired) electrons. The average molecular weight is 132 g/mol. The number of aliphatic carboxylic acids is 1. The Morgan fingerprint density at radius 1 is 1.44 bits per heavy atom. The molecule has 4 nitrogen and oxygen atoms in total. The second-order valence-corrected chi connectivity index (χ2v) is 1.10. The molecule has 52 valence electrons. The molecular weight excluding hydrogens is 124 g/mol. The Hall–Kier alpha value is -1.19. The van der Waals surface area contributed by atoms with Crippen molar-refractivity contribution in [3.63, 3.8) is 0 Å². The smallest absolute Gasteiger partial charge is 0.371 e. The second-order valence-electron chi connectivity index (χ2n) is 1.10. The number of carboxylic acid groups (broad SMARTS) is 1. The third-order valence-electron chi connectivity index (χ3n) is 0.301. The molecule has 1 N–H and O–H groups in total. The summed E-state index contributed by atoms with van der Waals surface area (Å²) in [6.45, 7) is 2.45. The zero-order valence-corrected chi connectivity index (χ0v) is 5.25. The first-order chi connectivity index (χ1) is 4.06. The number of carbonyl (C=O) groups is 3. The fraction of sp³-hybridized carbons (Fsp3) is 0.400. The topological polar surface area (TPSA) is 71.4 Å². The summed E-state index contributed by atoms with van der Waals surface area (Å²) in [4.78, 5) is 27.7. The first kappa shape index (κ1) is 10.7. The van der Waals surface area contributed by atoms with Crippen LogP contribution in [0.2, 0.25) is 0 Å². The number of carboxylic acids is 1. The van der Waals surface area contributed by atoms with Crippen LogP contribution in [0.15, 0.2) is 0 Å². The highest BCUT2D eigenvalue weighted by molar-refractivity contribution is 6.31. The first-order valence-electron chi connectivity index (χ1n) is 2.19. The molecule has 0 aliphatic heterocycles. The molecule has 0 rings (SSSR count). The van der Waals surface area contributed by atoms with Gasteiger partial charge in [-0.25, -0.2) is 4.79 Å². The van der Waals surface area contributed by atoms with Gasteiger partial charge in [0.1, 0.15) is 6.29 Å². The summed E-state index contributed by atoms with van der Waals surface area (Å²) in [6, 6.07) is 0. The van der Waals surface area contributed by atoms with E-state index in [0.717, 1.165) is 13.2 Å². The molecule has 0 aliphatic rings. The van der Waals surface area contributed by atoms with E-state index in [4.69, 9.17) is 9.90 Å². The standard InChI is InChI=1S/C3H4O3.C2H4O/c1-2(4)3(5)6;1-2-3/h1H3,(H,5,6);2H,1H3. The Morgan fingerprint density at radius 3 is 1.56 bits per heavy atom. The quantitative estimate of drug-likeness (QED) is 0.398. The first-order valence-corrected chi connectivity index (χ1v) is 2.19. The summed E-state index contributed by atoms with van der Waals surface area (Å²) in [7, 11) is 0. The third-order valence-corrected chi connectivity index (χ3v) is 0.301. The van der Waals surface area contributed by atoms with Crippen molar-refractivity contribution in [3.05, 3.63) is 0 Å². The van der Waals surface area contributed by atoms with E-state index in [1.165, 1.54) is 6.92 Å². The van der Waals surface area contributed by atoms with Crippen LogP contribution in [-0.4, -0.2) is 23.1 Å². The van der Waals surface area contributed by atoms with Gasteiger partial charge in [0.05, 0.1) is 0 Å². The van der Waals surface area contributed by atoms with Gasteiger partial charge in [0.2, 0.25) is 5.78 Å². The van der Waals surface area contributed by atoms with Crippen molar-refractivity contribution in [2.75, 3.05) is 0 Å². The zero-order chi connectivity index (χ0) is 7.86. The van der Waals surface area contributed by atoms with Gasteiger partial charge < -0.3 is 9.90 Å². The monoisotopic (exact) mass is 132 g/mol. The van der Waals surface area contributed by atoms with Gasteiger partial charge in [0.15, 0.2) is 0 Å². The van der Waals surface area contributed by atoms with Gasteiger partial charge >= 0.3 is 5.97 Å². The van der Waals surface area contributed by atoms with E-state index in [2.05, 4.69) is 0 Å². The predicted molar refractivity (Wildman–Crippen MR) is 30.1 cm³/mol. The van der Waals surface area contributed by atoms with E-state index in [1.807, 2.05) is 0 Å². The summed E-state index contributed by atoms with van der Waals surface area (Å²) in [5.74, 6) is -2.20. The fourth-order valence-electron chi connectivity index (χ4n) is 0. The highest BCUT2D eigenvalue weighted by Crippen LogP contribution is 1.61. The highest BCUT2D eigenvalue weighted by Gasteiger charge is 1.98. The number of carbonyl (C=O) groups excluding carboxylic acids is 2. The van der Waals surface area contributed by atoms with Crippen LogP contribution in [0.1, 0.15) is 13.8 Å². The number of Topliss-reactive ketones (excluding diaryl/α,β-unsaturated/α-hetero) is 1. The van der Waals surface area contributed by atoms with Crippen LogP contribution in [0.3, 0.4) is 0 Å². The zero-order valence-electron chi connectivity index (χ0n) is 5.25. The lowest BCUT2D eigenvalue weighted by Gasteiger charge is -1.73. The normalized spacial score (nSPS) is 6.44. The van der Waals surface area contributed by atoms with Crippen molar-refractivity contribution in [2.24, 2.45) is 0 Å². The summed E-state index contributed by atoms with van der Waals surface area (Å²) in [6.07, 6.45) is 0.750. The number of rotatable bonds is 1. The Bertz CT molecular complexity index is 104. The van der Waals surface area contributed by atoms with Crippen molar-refractivity contribution in [1.29, 1.82) is 0 Å². The maximum atomic E-state index is 9.54. The van der Waals surface area contributed by atoms with Crippen LogP contribution in [0.25, 0.3) is 0 Å². The fourth-order valence-corrected chi connectivity index (χ4v) is 0. The van der Waals surface area contributed by atoms with Gasteiger partial charge in [0, 0.05) is 6.92 Å². The Morgan fingerprint density at radius 2 is 1.56 bits per heavy atom. The molecular formula is C5H8O4. The molecule has 0 amide bonds. The minimum absolute atomic E-state index is 0.750. The van der Waals surface area contributed by atoms with Crippen LogP contribution < -0.4 is 0 Å². The lowest BCUT2D eigenvalue weighted by Crippen LogP contribution is -2.05. The van der Waals surface area contributed by atoms with Gasteiger partial charge in [-0.15, -0.1) is 0 Å². The van der Waals surface area contributed by atoms with Gasteiger partial charge in [-0.2, -0.15) is 0 Å². The Kier molecular flexibility index (Phi) is 8.12. The van der Waals surface area contributed by atoms with E-state index in [9.17, 15) is 9.59 Å². The van der Waals surface area contributed by atoms with Gasteiger partial charge in [-0.1, -0.05) is 0 Å². The molecule has 4 heteroatoms. The van der Waals surface area contributed by atoms with Crippen molar-refractivity contribution in [1.82, 2.24) is 0 Å². The van der Waals surface area contributed by atoms with E-state index in [1.54, 1.807) is 0 Å². The van der Waals surface area contributed by atoms with Crippen LogP contribution in [0, 0.1) is 0 Å². The molecule has 0 atom stereocenters. The summed E-state index contributed by atoms with van der Waals surface area (Å²) in [5.41, 5.74) is 0. The second kappa shape index (κ2) is 6.81. The Balaban J connectivity index is 0. The molecule has 0 bridgehead atoms. The van der Waals surface area contributed by atoms with Gasteiger partial charge in [0.25, 0.3) is 0 Å². The van der Waals surface area contributed by atoms with Gasteiger partial charge in [-0.3, -0.25) is 4.79 Å². The molecule has 0 aromatic carbocycles. The molecule has 0 fully saturated rings. The number of ketones is 1. The largest absolute Gasteiger partial charge is 0.476 e. The maximum Gasteiger partial charge on any atom is 0.371 e. The van der Waals surface area contributed by atoms with Crippen LogP contribution in [-0.2, 0) is 14.4 Å². The van der Waals surface area contributed by atoms with E-state index in [-0.39, 0.29) is 0 Å². The Labute approximate surface area is 52.5 Å².